The average molecular weight is 354 g/mol. The molecule has 0 aromatic heterocycles. The summed E-state index contributed by atoms with van der Waals surface area (Å²) >= 11 is 1.56. The average Bonchev–Trinajstić information content (AvgIpc) is 3.25. The van der Waals surface area contributed by atoms with Crippen LogP contribution in [0.2, 0.25) is 0 Å². The number of carbonyl (C=O) groups is 3. The van der Waals surface area contributed by atoms with E-state index in [2.05, 4.69) is 10.6 Å². The first-order valence-electron chi connectivity index (χ1n) is 8.78. The summed E-state index contributed by atoms with van der Waals surface area (Å²) in [7, 11) is 0. The van der Waals surface area contributed by atoms with Crippen LogP contribution in [0.5, 0.6) is 0 Å². The maximum atomic E-state index is 12.4. The number of nitrogens with zero attached hydrogens (tertiary/aromatic N) is 2. The number of piperidine rings is 1. The van der Waals surface area contributed by atoms with Gasteiger partial charge in [-0.05, 0) is 38.1 Å². The van der Waals surface area contributed by atoms with E-state index in [9.17, 15) is 14.4 Å². The van der Waals surface area contributed by atoms with E-state index in [0.29, 0.717) is 30.6 Å². The minimum atomic E-state index is -0.0509. The monoisotopic (exact) mass is 354 g/mol. The summed E-state index contributed by atoms with van der Waals surface area (Å²) in [4.78, 5) is 39.6. The standard InChI is InChI=1S/C16H26N4O3S/c21-14(9-20-11-24-10-15(20)22)19-6-2-3-12(8-19)7-18-16(23)13-4-1-5-17-13/h12-13,17H,1-11H2,(H,18,23). The fourth-order valence-corrected chi connectivity index (χ4v) is 4.44. The predicted molar refractivity (Wildman–Crippen MR) is 92.4 cm³/mol. The molecular formula is C16H26N4O3S. The fourth-order valence-electron chi connectivity index (χ4n) is 3.54. The van der Waals surface area contributed by atoms with E-state index >= 15 is 0 Å². The number of likely N-dealkylation sites (tertiary alicyclic amines) is 1. The van der Waals surface area contributed by atoms with E-state index < -0.39 is 0 Å². The third kappa shape index (κ3) is 4.42. The van der Waals surface area contributed by atoms with Gasteiger partial charge in [-0.2, -0.15) is 0 Å². The molecule has 3 saturated heterocycles. The van der Waals surface area contributed by atoms with Crippen molar-refractivity contribution in [1.82, 2.24) is 20.4 Å². The largest absolute Gasteiger partial charge is 0.354 e. The van der Waals surface area contributed by atoms with Gasteiger partial charge in [-0.3, -0.25) is 14.4 Å². The minimum Gasteiger partial charge on any atom is -0.354 e. The van der Waals surface area contributed by atoms with Crippen LogP contribution in [0, 0.1) is 5.92 Å². The number of amides is 3. The molecule has 134 valence electrons. The van der Waals surface area contributed by atoms with Crippen LogP contribution in [0.3, 0.4) is 0 Å². The van der Waals surface area contributed by atoms with Crippen LogP contribution in [0.4, 0.5) is 0 Å². The quantitative estimate of drug-likeness (QED) is 0.704. The van der Waals surface area contributed by atoms with Crippen molar-refractivity contribution in [3.63, 3.8) is 0 Å². The lowest BCUT2D eigenvalue weighted by Gasteiger charge is -2.34. The van der Waals surface area contributed by atoms with Crippen LogP contribution in [-0.4, -0.2) is 77.9 Å². The molecule has 3 rings (SSSR count). The van der Waals surface area contributed by atoms with Crippen molar-refractivity contribution in [1.29, 1.82) is 0 Å². The molecule has 0 saturated carbocycles. The molecule has 3 fully saturated rings. The Morgan fingerprint density at radius 1 is 1.29 bits per heavy atom. The Bertz CT molecular complexity index is 496. The molecule has 3 aliphatic rings. The van der Waals surface area contributed by atoms with Gasteiger partial charge in [0.2, 0.25) is 17.7 Å². The van der Waals surface area contributed by atoms with Gasteiger partial charge >= 0.3 is 0 Å². The van der Waals surface area contributed by atoms with Gasteiger partial charge in [0.25, 0.3) is 0 Å². The molecule has 0 spiro atoms. The summed E-state index contributed by atoms with van der Waals surface area (Å²) in [6.07, 6.45) is 3.94. The summed E-state index contributed by atoms with van der Waals surface area (Å²) in [5.74, 6) is 1.56. The lowest BCUT2D eigenvalue weighted by molar-refractivity contribution is -0.139. The van der Waals surface area contributed by atoms with Crippen LogP contribution in [0.25, 0.3) is 0 Å². The number of nitrogens with one attached hydrogen (secondary N) is 2. The lowest BCUT2D eigenvalue weighted by Crippen LogP contribution is -2.48. The van der Waals surface area contributed by atoms with Crippen molar-refractivity contribution in [3.8, 4) is 0 Å². The molecular weight excluding hydrogens is 328 g/mol. The molecule has 8 heteroatoms. The third-order valence-corrected chi connectivity index (χ3v) is 5.91. The van der Waals surface area contributed by atoms with Crippen molar-refractivity contribution in [2.24, 2.45) is 5.92 Å². The van der Waals surface area contributed by atoms with Crippen LogP contribution < -0.4 is 10.6 Å². The molecule has 2 N–H and O–H groups in total. The normalized spacial score (nSPS) is 27.6. The van der Waals surface area contributed by atoms with Crippen molar-refractivity contribution in [2.75, 3.05) is 44.4 Å². The Kier molecular flexibility index (Phi) is 5.99. The molecule has 2 unspecified atom stereocenters. The number of hydrogen-bond donors (Lipinski definition) is 2. The zero-order valence-corrected chi connectivity index (χ0v) is 14.8. The molecule has 0 aliphatic carbocycles. The van der Waals surface area contributed by atoms with Crippen molar-refractivity contribution in [2.45, 2.75) is 31.7 Å². The highest BCUT2D eigenvalue weighted by atomic mass is 32.2. The Morgan fingerprint density at radius 3 is 2.88 bits per heavy atom. The van der Waals surface area contributed by atoms with Gasteiger partial charge in [0, 0.05) is 19.6 Å². The Morgan fingerprint density at radius 2 is 2.17 bits per heavy atom. The number of thioether (sulfide) groups is 1. The van der Waals surface area contributed by atoms with Gasteiger partial charge in [0.1, 0.15) is 6.54 Å². The smallest absolute Gasteiger partial charge is 0.242 e. The van der Waals surface area contributed by atoms with E-state index in [1.807, 2.05) is 4.90 Å². The summed E-state index contributed by atoms with van der Waals surface area (Å²) in [5.41, 5.74) is 0. The van der Waals surface area contributed by atoms with E-state index in [0.717, 1.165) is 38.8 Å². The van der Waals surface area contributed by atoms with Crippen LogP contribution in [-0.2, 0) is 14.4 Å². The highest BCUT2D eigenvalue weighted by molar-refractivity contribution is 8.00. The molecule has 3 aliphatic heterocycles. The SMILES string of the molecule is O=C(NCC1CCCN(C(=O)CN2CSCC2=O)C1)C1CCCN1. The van der Waals surface area contributed by atoms with Crippen molar-refractivity contribution in [3.05, 3.63) is 0 Å². The second kappa shape index (κ2) is 8.20. The first-order chi connectivity index (χ1) is 11.6. The van der Waals surface area contributed by atoms with Gasteiger partial charge < -0.3 is 20.4 Å². The molecule has 0 radical (unpaired) electrons. The Balaban J connectivity index is 1.42. The van der Waals surface area contributed by atoms with E-state index in [4.69, 9.17) is 0 Å². The summed E-state index contributed by atoms with van der Waals surface area (Å²) in [6, 6.07) is -0.0509. The molecule has 3 amide bonds. The van der Waals surface area contributed by atoms with Crippen LogP contribution >= 0.6 is 11.8 Å². The van der Waals surface area contributed by atoms with Gasteiger partial charge in [-0.15, -0.1) is 11.8 Å². The molecule has 2 atom stereocenters. The predicted octanol–water partition coefficient (Wildman–Crippen LogP) is -0.374. The molecule has 7 nitrogen and oxygen atoms in total. The van der Waals surface area contributed by atoms with Crippen LogP contribution in [0.15, 0.2) is 0 Å². The van der Waals surface area contributed by atoms with E-state index in [1.54, 1.807) is 16.7 Å². The first kappa shape index (κ1) is 17.5. The summed E-state index contributed by atoms with van der Waals surface area (Å²) < 4.78 is 0. The third-order valence-electron chi connectivity index (χ3n) is 4.96. The van der Waals surface area contributed by atoms with Crippen molar-refractivity contribution < 1.29 is 14.4 Å². The van der Waals surface area contributed by atoms with Gasteiger partial charge in [0.15, 0.2) is 0 Å². The highest BCUT2D eigenvalue weighted by Gasteiger charge is 2.29. The molecule has 24 heavy (non-hydrogen) atoms. The summed E-state index contributed by atoms with van der Waals surface area (Å²) in [5, 5.41) is 6.23. The maximum absolute atomic E-state index is 12.4. The number of hydrogen-bond acceptors (Lipinski definition) is 5. The first-order valence-corrected chi connectivity index (χ1v) is 9.93. The van der Waals surface area contributed by atoms with Crippen LogP contribution in [0.1, 0.15) is 25.7 Å². The number of carbonyl (C=O) groups excluding carboxylic acids is 3. The van der Waals surface area contributed by atoms with Gasteiger partial charge in [-0.1, -0.05) is 0 Å². The lowest BCUT2D eigenvalue weighted by atomic mass is 9.97. The van der Waals surface area contributed by atoms with Gasteiger partial charge in [0.05, 0.1) is 17.7 Å². The van der Waals surface area contributed by atoms with Gasteiger partial charge in [-0.25, -0.2) is 0 Å². The molecule has 0 aromatic carbocycles. The highest BCUT2D eigenvalue weighted by Crippen LogP contribution is 2.18. The number of rotatable bonds is 5. The second-order valence-electron chi connectivity index (χ2n) is 6.81. The minimum absolute atomic E-state index is 0.0272. The maximum Gasteiger partial charge on any atom is 0.242 e. The molecule has 3 heterocycles. The Hall–Kier alpha value is -1.28. The second-order valence-corrected chi connectivity index (χ2v) is 7.77. The zero-order valence-electron chi connectivity index (χ0n) is 14.0. The molecule has 0 bridgehead atoms. The topological polar surface area (TPSA) is 81.8 Å². The molecule has 0 aromatic rings. The zero-order chi connectivity index (χ0) is 16.9. The Labute approximate surface area is 146 Å². The fraction of sp³-hybridized carbons (Fsp3) is 0.812. The van der Waals surface area contributed by atoms with E-state index in [1.165, 1.54) is 0 Å². The van der Waals surface area contributed by atoms with E-state index in [-0.39, 0.29) is 30.3 Å². The van der Waals surface area contributed by atoms with Crippen molar-refractivity contribution >= 4 is 29.5 Å². The summed E-state index contributed by atoms with van der Waals surface area (Å²) in [6.45, 7) is 3.16.